The fourth-order valence-corrected chi connectivity index (χ4v) is 1.74. The lowest BCUT2D eigenvalue weighted by molar-refractivity contribution is 0.0948. The number of benzene rings is 1. The van der Waals surface area contributed by atoms with Crippen molar-refractivity contribution in [2.45, 2.75) is 20.3 Å². The second-order valence-electron chi connectivity index (χ2n) is 3.85. The van der Waals surface area contributed by atoms with E-state index in [0.717, 1.165) is 10.9 Å². The summed E-state index contributed by atoms with van der Waals surface area (Å²) in [6.07, 6.45) is 1.05. The summed E-state index contributed by atoms with van der Waals surface area (Å²) >= 11 is 9.28. The minimum Gasteiger partial charge on any atom is -0.352 e. The highest BCUT2D eigenvalue weighted by Crippen LogP contribution is 2.20. The summed E-state index contributed by atoms with van der Waals surface area (Å²) in [5.74, 6) is 0.362. The van der Waals surface area contributed by atoms with Gasteiger partial charge in [0.1, 0.15) is 0 Å². The quantitative estimate of drug-likeness (QED) is 0.898. The molecule has 1 aromatic rings. The molecule has 16 heavy (non-hydrogen) atoms. The zero-order valence-corrected chi connectivity index (χ0v) is 11.7. The van der Waals surface area contributed by atoms with Crippen LogP contribution in [0.25, 0.3) is 0 Å². The topological polar surface area (TPSA) is 29.1 Å². The number of amides is 1. The van der Waals surface area contributed by atoms with Gasteiger partial charge in [0.2, 0.25) is 0 Å². The van der Waals surface area contributed by atoms with E-state index in [-0.39, 0.29) is 5.91 Å². The number of nitrogens with one attached hydrogen (secondary N) is 1. The molecule has 0 bridgehead atoms. The van der Waals surface area contributed by atoms with Crippen LogP contribution in [0, 0.1) is 5.92 Å². The molecule has 0 aliphatic heterocycles. The molecule has 1 atom stereocenters. The second kappa shape index (κ2) is 6.26. The summed E-state index contributed by atoms with van der Waals surface area (Å²) < 4.78 is 0.852. The van der Waals surface area contributed by atoms with Crippen LogP contribution in [0.3, 0.4) is 0 Å². The molecule has 1 aromatic carbocycles. The molecule has 2 nitrogen and oxygen atoms in total. The summed E-state index contributed by atoms with van der Waals surface area (Å²) in [6.45, 7) is 4.88. The predicted octanol–water partition coefficient (Wildman–Crippen LogP) is 3.88. The molecule has 1 amide bonds. The molecule has 0 fully saturated rings. The van der Waals surface area contributed by atoms with Gasteiger partial charge in [0, 0.05) is 11.0 Å². The van der Waals surface area contributed by atoms with E-state index in [1.54, 1.807) is 12.1 Å². The highest BCUT2D eigenvalue weighted by Gasteiger charge is 2.11. The maximum absolute atomic E-state index is 11.8. The van der Waals surface area contributed by atoms with Crippen molar-refractivity contribution >= 4 is 33.4 Å². The van der Waals surface area contributed by atoms with Crippen LogP contribution in [0.1, 0.15) is 30.6 Å². The molecule has 0 saturated carbocycles. The number of halogens is 2. The molecule has 1 rings (SSSR count). The second-order valence-corrected chi connectivity index (χ2v) is 5.17. The van der Waals surface area contributed by atoms with Gasteiger partial charge in [0.25, 0.3) is 5.91 Å². The van der Waals surface area contributed by atoms with Crippen LogP contribution in [0.4, 0.5) is 0 Å². The molecule has 0 aliphatic carbocycles. The van der Waals surface area contributed by atoms with Gasteiger partial charge in [0.05, 0.1) is 10.6 Å². The minimum absolute atomic E-state index is 0.119. The van der Waals surface area contributed by atoms with Crippen molar-refractivity contribution in [2.75, 3.05) is 6.54 Å². The molecule has 0 radical (unpaired) electrons. The van der Waals surface area contributed by atoms with Gasteiger partial charge in [-0.1, -0.05) is 47.8 Å². The van der Waals surface area contributed by atoms with E-state index < -0.39 is 0 Å². The third kappa shape index (κ3) is 3.80. The maximum Gasteiger partial charge on any atom is 0.252 e. The first-order valence-corrected chi connectivity index (χ1v) is 6.45. The van der Waals surface area contributed by atoms with Crippen molar-refractivity contribution in [1.82, 2.24) is 5.32 Å². The molecule has 0 saturated heterocycles. The van der Waals surface area contributed by atoms with Crippen molar-refractivity contribution in [3.63, 3.8) is 0 Å². The fraction of sp³-hybridized carbons (Fsp3) is 0.417. The highest BCUT2D eigenvalue weighted by atomic mass is 79.9. The van der Waals surface area contributed by atoms with Gasteiger partial charge in [-0.25, -0.2) is 0 Å². The summed E-state index contributed by atoms with van der Waals surface area (Å²) in [6, 6.07) is 5.26. The van der Waals surface area contributed by atoms with E-state index in [1.807, 2.05) is 6.07 Å². The predicted molar refractivity (Wildman–Crippen MR) is 70.9 cm³/mol. The van der Waals surface area contributed by atoms with E-state index in [1.165, 1.54) is 0 Å². The molecule has 1 unspecified atom stereocenters. The van der Waals surface area contributed by atoms with Gasteiger partial charge in [-0.05, 0) is 24.1 Å². The number of hydrogen-bond acceptors (Lipinski definition) is 1. The van der Waals surface area contributed by atoms with E-state index in [0.29, 0.717) is 23.0 Å². The number of carbonyl (C=O) groups is 1. The Balaban J connectivity index is 2.69. The Morgan fingerprint density at radius 3 is 2.88 bits per heavy atom. The smallest absolute Gasteiger partial charge is 0.252 e. The van der Waals surface area contributed by atoms with Gasteiger partial charge in [0.15, 0.2) is 0 Å². The number of hydrogen-bond donors (Lipinski definition) is 1. The summed E-state index contributed by atoms with van der Waals surface area (Å²) in [4.78, 5) is 11.8. The van der Waals surface area contributed by atoms with Crippen LogP contribution < -0.4 is 5.32 Å². The first kappa shape index (κ1) is 13.5. The highest BCUT2D eigenvalue weighted by molar-refractivity contribution is 9.10. The van der Waals surface area contributed by atoms with Gasteiger partial charge in [-0.15, -0.1) is 0 Å². The fourth-order valence-electron chi connectivity index (χ4n) is 1.18. The standard InChI is InChI=1S/C12H15BrClNO/c1-3-8(2)7-15-12(16)10-6-9(13)4-5-11(10)14/h4-6,8H,3,7H2,1-2H3,(H,15,16). The molecule has 0 aliphatic rings. The van der Waals surface area contributed by atoms with Crippen LogP contribution >= 0.6 is 27.5 Å². The molecule has 88 valence electrons. The SMILES string of the molecule is CCC(C)CNC(=O)c1cc(Br)ccc1Cl. The lowest BCUT2D eigenvalue weighted by atomic mass is 10.1. The molecule has 0 aromatic heterocycles. The number of rotatable bonds is 4. The van der Waals surface area contributed by atoms with Crippen LogP contribution in [-0.4, -0.2) is 12.5 Å². The molecular formula is C12H15BrClNO. The van der Waals surface area contributed by atoms with Gasteiger partial charge < -0.3 is 5.32 Å². The zero-order valence-electron chi connectivity index (χ0n) is 9.39. The monoisotopic (exact) mass is 303 g/mol. The maximum atomic E-state index is 11.8. The molecule has 1 N–H and O–H groups in total. The Morgan fingerprint density at radius 2 is 2.25 bits per heavy atom. The van der Waals surface area contributed by atoms with Crippen LogP contribution in [-0.2, 0) is 0 Å². The minimum atomic E-state index is -0.119. The number of carbonyl (C=O) groups excluding carboxylic acids is 1. The Morgan fingerprint density at radius 1 is 1.56 bits per heavy atom. The molecular weight excluding hydrogens is 289 g/mol. The van der Waals surface area contributed by atoms with Crippen LogP contribution in [0.15, 0.2) is 22.7 Å². The zero-order chi connectivity index (χ0) is 12.1. The Kier molecular flexibility index (Phi) is 5.29. The van der Waals surface area contributed by atoms with Gasteiger partial charge in [-0.3, -0.25) is 4.79 Å². The van der Waals surface area contributed by atoms with Crippen molar-refractivity contribution < 1.29 is 4.79 Å². The third-order valence-electron chi connectivity index (χ3n) is 2.48. The normalized spacial score (nSPS) is 12.2. The Labute approximate surface area is 110 Å². The van der Waals surface area contributed by atoms with Crippen molar-refractivity contribution in [2.24, 2.45) is 5.92 Å². The van der Waals surface area contributed by atoms with E-state index in [9.17, 15) is 4.79 Å². The summed E-state index contributed by atoms with van der Waals surface area (Å²) in [7, 11) is 0. The van der Waals surface area contributed by atoms with Crippen molar-refractivity contribution in [3.05, 3.63) is 33.3 Å². The Bertz CT molecular complexity index is 381. The summed E-state index contributed by atoms with van der Waals surface area (Å²) in [5.41, 5.74) is 0.513. The van der Waals surface area contributed by atoms with Crippen LogP contribution in [0.2, 0.25) is 5.02 Å². The van der Waals surface area contributed by atoms with Gasteiger partial charge in [-0.2, -0.15) is 0 Å². The third-order valence-corrected chi connectivity index (χ3v) is 3.30. The molecule has 4 heteroatoms. The Hall–Kier alpha value is -0.540. The summed E-state index contributed by atoms with van der Waals surface area (Å²) in [5, 5.41) is 3.35. The lowest BCUT2D eigenvalue weighted by Gasteiger charge is -2.11. The first-order valence-electron chi connectivity index (χ1n) is 5.27. The van der Waals surface area contributed by atoms with Crippen LogP contribution in [0.5, 0.6) is 0 Å². The largest absolute Gasteiger partial charge is 0.352 e. The van der Waals surface area contributed by atoms with E-state index in [4.69, 9.17) is 11.6 Å². The average Bonchev–Trinajstić information content (AvgIpc) is 2.28. The van der Waals surface area contributed by atoms with Crippen molar-refractivity contribution in [3.8, 4) is 0 Å². The van der Waals surface area contributed by atoms with Crippen molar-refractivity contribution in [1.29, 1.82) is 0 Å². The van der Waals surface area contributed by atoms with E-state index >= 15 is 0 Å². The average molecular weight is 305 g/mol. The lowest BCUT2D eigenvalue weighted by Crippen LogP contribution is -2.28. The molecule has 0 spiro atoms. The first-order chi connectivity index (χ1) is 7.54. The van der Waals surface area contributed by atoms with E-state index in [2.05, 4.69) is 35.1 Å². The molecule has 0 heterocycles. The van der Waals surface area contributed by atoms with Gasteiger partial charge >= 0.3 is 0 Å².